The van der Waals surface area contributed by atoms with Crippen LogP contribution in [-0.4, -0.2) is 64.3 Å². The highest BCUT2D eigenvalue weighted by Crippen LogP contribution is 2.31. The molecule has 11 nitrogen and oxygen atoms in total. The Hall–Kier alpha value is -4.74. The molecule has 0 radical (unpaired) electrons. The summed E-state index contributed by atoms with van der Waals surface area (Å²) in [6, 6.07) is 16.5. The molecule has 3 unspecified atom stereocenters. The number of hydrogen-bond donors (Lipinski definition) is 2. The van der Waals surface area contributed by atoms with Gasteiger partial charge in [-0.05, 0) is 62.6 Å². The number of benzene rings is 3. The first-order valence-corrected chi connectivity index (χ1v) is 16.5. The van der Waals surface area contributed by atoms with E-state index in [-0.39, 0.29) is 23.9 Å². The van der Waals surface area contributed by atoms with Gasteiger partial charge >= 0.3 is 6.03 Å². The molecule has 4 rings (SSSR count). The predicted octanol–water partition coefficient (Wildman–Crippen LogP) is 6.50. The smallest absolute Gasteiger partial charge is 0.330 e. The van der Waals surface area contributed by atoms with Crippen LogP contribution in [0.25, 0.3) is 0 Å². The summed E-state index contributed by atoms with van der Waals surface area (Å²) in [6.07, 6.45) is -1.76. The number of ketones is 1. The van der Waals surface area contributed by atoms with Crippen LogP contribution < -0.4 is 15.4 Å². The fourth-order valence-corrected chi connectivity index (χ4v) is 5.53. The van der Waals surface area contributed by atoms with Gasteiger partial charge in [0, 0.05) is 17.7 Å². The number of nitrogens with zero attached hydrogens (tertiary/aromatic N) is 2. The monoisotopic (exact) mass is 690 g/mol. The van der Waals surface area contributed by atoms with Crippen LogP contribution >= 0.6 is 11.6 Å². The van der Waals surface area contributed by atoms with Crippen molar-refractivity contribution in [1.29, 1.82) is 0 Å². The normalized spacial score (nSPS) is 16.0. The molecule has 1 heterocycles. The van der Waals surface area contributed by atoms with E-state index >= 15 is 0 Å². The van der Waals surface area contributed by atoms with Crippen LogP contribution in [0.1, 0.15) is 57.7 Å². The molecule has 1 aliphatic heterocycles. The highest BCUT2D eigenvalue weighted by atomic mass is 35.5. The van der Waals surface area contributed by atoms with Gasteiger partial charge in [0.1, 0.15) is 5.75 Å². The van der Waals surface area contributed by atoms with Crippen molar-refractivity contribution in [3.8, 4) is 5.75 Å². The molecule has 5 amide bonds. The van der Waals surface area contributed by atoms with Crippen molar-refractivity contribution < 1.29 is 33.4 Å². The number of aryl methyl sites for hydroxylation is 2. The molecule has 3 aromatic rings. The number of amides is 5. The van der Waals surface area contributed by atoms with Gasteiger partial charge < -0.3 is 20.1 Å². The van der Waals surface area contributed by atoms with E-state index in [4.69, 9.17) is 21.1 Å². The number of carbonyl (C=O) groups is 5. The van der Waals surface area contributed by atoms with Crippen LogP contribution in [0.2, 0.25) is 5.02 Å². The second-order valence-corrected chi connectivity index (χ2v) is 13.3. The molecule has 1 aliphatic rings. The van der Waals surface area contributed by atoms with Crippen molar-refractivity contribution in [2.24, 2.45) is 5.41 Å². The first kappa shape index (κ1) is 37.1. The van der Waals surface area contributed by atoms with E-state index in [0.29, 0.717) is 22.8 Å². The molecule has 2 N–H and O–H groups in total. The Bertz CT molecular complexity index is 1720. The lowest BCUT2D eigenvalue weighted by Crippen LogP contribution is -2.55. The summed E-state index contributed by atoms with van der Waals surface area (Å²) in [6.45, 7) is 12.3. The summed E-state index contributed by atoms with van der Waals surface area (Å²) in [5.74, 6) is -2.28. The van der Waals surface area contributed by atoms with Crippen LogP contribution in [-0.2, 0) is 30.5 Å². The summed E-state index contributed by atoms with van der Waals surface area (Å²) in [5, 5.41) is 5.52. The highest BCUT2D eigenvalue weighted by molar-refractivity contribution is 6.34. The third-order valence-electron chi connectivity index (χ3n) is 7.95. The molecule has 0 bridgehead atoms. The number of hydrogen-bond acceptors (Lipinski definition) is 7. The second-order valence-electron chi connectivity index (χ2n) is 12.9. The van der Waals surface area contributed by atoms with Gasteiger partial charge in [0.2, 0.25) is 6.23 Å². The molecule has 1 saturated heterocycles. The number of carbonyl (C=O) groups excluding carboxylic acids is 5. The fourth-order valence-electron chi connectivity index (χ4n) is 5.37. The Morgan fingerprint density at radius 2 is 1.61 bits per heavy atom. The van der Waals surface area contributed by atoms with Crippen LogP contribution in [0.4, 0.5) is 16.2 Å². The van der Waals surface area contributed by atoms with Crippen molar-refractivity contribution in [2.75, 3.05) is 17.2 Å². The molecule has 260 valence electrons. The summed E-state index contributed by atoms with van der Waals surface area (Å²) in [5.41, 5.74) is 1.93. The molecule has 1 fully saturated rings. The lowest BCUT2D eigenvalue weighted by molar-refractivity contribution is -0.149. The van der Waals surface area contributed by atoms with Crippen LogP contribution in [0.3, 0.4) is 0 Å². The molecule has 49 heavy (non-hydrogen) atoms. The molecule has 12 heteroatoms. The van der Waals surface area contributed by atoms with E-state index < -0.39 is 53.3 Å². The average molecular weight is 691 g/mol. The Kier molecular flexibility index (Phi) is 11.8. The van der Waals surface area contributed by atoms with Gasteiger partial charge in [0.25, 0.3) is 17.7 Å². The molecule has 3 atom stereocenters. The minimum Gasteiger partial charge on any atom is -0.480 e. The molecule has 0 spiro atoms. The van der Waals surface area contributed by atoms with E-state index in [0.717, 1.165) is 16.7 Å². The van der Waals surface area contributed by atoms with Gasteiger partial charge in [-0.15, -0.1) is 0 Å². The van der Waals surface area contributed by atoms with Gasteiger partial charge in [-0.1, -0.05) is 87.3 Å². The van der Waals surface area contributed by atoms with Crippen molar-refractivity contribution in [1.82, 2.24) is 9.80 Å². The molecule has 0 saturated carbocycles. The summed E-state index contributed by atoms with van der Waals surface area (Å²) in [7, 11) is 0. The molecule has 0 aromatic heterocycles. The van der Waals surface area contributed by atoms with E-state index in [1.54, 1.807) is 58.0 Å². The maximum atomic E-state index is 14.0. The van der Waals surface area contributed by atoms with Gasteiger partial charge in [-0.3, -0.25) is 24.1 Å². The topological polar surface area (TPSA) is 134 Å². The largest absolute Gasteiger partial charge is 0.480 e. The quantitative estimate of drug-likeness (QED) is 0.154. The second kappa shape index (κ2) is 15.7. The predicted molar refractivity (Wildman–Crippen MR) is 187 cm³/mol. The number of ether oxygens (including phenoxy) is 2. The van der Waals surface area contributed by atoms with Crippen LogP contribution in [0.15, 0.2) is 66.7 Å². The summed E-state index contributed by atoms with van der Waals surface area (Å²) < 4.78 is 11.7. The van der Waals surface area contributed by atoms with Gasteiger partial charge in [-0.25, -0.2) is 9.69 Å². The Labute approximate surface area is 291 Å². The number of rotatable bonds is 13. The highest BCUT2D eigenvalue weighted by Gasteiger charge is 2.54. The molecule has 0 aliphatic carbocycles. The fraction of sp³-hybridized carbons (Fsp3) is 0.378. The summed E-state index contributed by atoms with van der Waals surface area (Å²) >= 11 is 6.46. The summed E-state index contributed by atoms with van der Waals surface area (Å²) in [4.78, 5) is 70.6. The Morgan fingerprint density at radius 3 is 2.22 bits per heavy atom. The zero-order valence-electron chi connectivity index (χ0n) is 28.8. The van der Waals surface area contributed by atoms with Gasteiger partial charge in [0.05, 0.1) is 17.3 Å². The van der Waals surface area contributed by atoms with E-state index in [9.17, 15) is 24.0 Å². The number of nitrogens with one attached hydrogen (secondary N) is 2. The number of anilines is 2. The third kappa shape index (κ3) is 8.65. The molecular weight excluding hydrogens is 648 g/mol. The lowest BCUT2D eigenvalue weighted by Gasteiger charge is -2.29. The number of halogens is 1. The maximum Gasteiger partial charge on any atom is 0.330 e. The van der Waals surface area contributed by atoms with Crippen molar-refractivity contribution >= 4 is 52.5 Å². The van der Waals surface area contributed by atoms with E-state index in [1.165, 1.54) is 17.0 Å². The van der Waals surface area contributed by atoms with Crippen LogP contribution in [0, 0.1) is 19.3 Å². The van der Waals surface area contributed by atoms with E-state index in [2.05, 4.69) is 10.6 Å². The SMILES string of the molecule is CCOC1C(=O)N(C(C(=O)Nc2cc(NC(=O)C(CC)Oc3ccc(C)cc3C)ccc2Cl)C(=O)C(C)(C)C)C(=O)N1Cc1ccccc1. The van der Waals surface area contributed by atoms with Crippen molar-refractivity contribution in [3.63, 3.8) is 0 Å². The average Bonchev–Trinajstić information content (AvgIpc) is 3.26. The molecule has 3 aromatic carbocycles. The zero-order chi connectivity index (χ0) is 36.0. The minimum atomic E-state index is -1.84. The van der Waals surface area contributed by atoms with E-state index in [1.807, 2.05) is 45.0 Å². The molecular formula is C37H43ClN4O7. The standard InChI is InChI=1S/C37H43ClN4O7/c1-8-28(49-29-18-15-22(3)19-23(29)4)32(44)39-25-16-17-26(38)27(20-25)40-33(45)30(31(43)37(5,6)7)42-34(46)35(48-9-2)41(36(42)47)21-24-13-11-10-12-14-24/h10-20,28,30,35H,8-9,21H2,1-7H3,(H,39,44)(H,40,45). The maximum absolute atomic E-state index is 14.0. The Balaban J connectivity index is 1.60. The number of Topliss-reactive ketones (excluding diaryl/α,β-unsaturated/α-hetero) is 1. The number of urea groups is 1. The first-order valence-electron chi connectivity index (χ1n) is 16.1. The zero-order valence-corrected chi connectivity index (χ0v) is 29.6. The third-order valence-corrected chi connectivity index (χ3v) is 8.28. The lowest BCUT2D eigenvalue weighted by atomic mass is 9.85. The minimum absolute atomic E-state index is 0.0180. The van der Waals surface area contributed by atoms with Gasteiger partial charge in [0.15, 0.2) is 17.9 Å². The van der Waals surface area contributed by atoms with Crippen molar-refractivity contribution in [3.05, 3.63) is 88.4 Å². The van der Waals surface area contributed by atoms with Crippen LogP contribution in [0.5, 0.6) is 5.75 Å². The van der Waals surface area contributed by atoms with Gasteiger partial charge in [-0.2, -0.15) is 0 Å². The van der Waals surface area contributed by atoms with Crippen molar-refractivity contribution in [2.45, 2.75) is 79.8 Å². The Morgan fingerprint density at radius 1 is 0.918 bits per heavy atom. The first-order chi connectivity index (χ1) is 23.2. The number of imide groups is 1.